The Morgan fingerprint density at radius 1 is 1.33 bits per heavy atom. The summed E-state index contributed by atoms with van der Waals surface area (Å²) < 4.78 is 10.3. The highest BCUT2D eigenvalue weighted by atomic mass is 16.6. The van der Waals surface area contributed by atoms with Crippen LogP contribution in [0.2, 0.25) is 0 Å². The molecule has 0 aliphatic rings. The van der Waals surface area contributed by atoms with Crippen molar-refractivity contribution in [1.29, 1.82) is 0 Å². The smallest absolute Gasteiger partial charge is 0.273 e. The number of aldehydes is 1. The maximum atomic E-state index is 10.6. The Hall–Kier alpha value is -2.63. The zero-order valence-corrected chi connectivity index (χ0v) is 9.45. The van der Waals surface area contributed by atoms with Crippen LogP contribution in [0.3, 0.4) is 0 Å². The number of hydrogen-bond donors (Lipinski definition) is 0. The number of carbonyl (C=O) groups excluding carboxylic acids is 1. The van der Waals surface area contributed by atoms with E-state index in [-0.39, 0.29) is 11.4 Å². The minimum Gasteiger partial charge on any atom is -0.496 e. The number of methoxy groups -OCH3 is 1. The number of furan rings is 1. The van der Waals surface area contributed by atoms with Crippen molar-refractivity contribution in [2.75, 3.05) is 7.11 Å². The lowest BCUT2D eigenvalue weighted by Gasteiger charge is -2.05. The minimum absolute atomic E-state index is 0.0715. The summed E-state index contributed by atoms with van der Waals surface area (Å²) in [6.07, 6.45) is 0.585. The second-order valence-electron chi connectivity index (χ2n) is 3.46. The van der Waals surface area contributed by atoms with Crippen LogP contribution in [0.15, 0.2) is 34.7 Å². The molecule has 0 saturated carbocycles. The SMILES string of the molecule is COc1cc([N+](=O)[O-])ccc1-c1ccc(C=O)o1. The van der Waals surface area contributed by atoms with Gasteiger partial charge in [-0.05, 0) is 18.2 Å². The van der Waals surface area contributed by atoms with Crippen LogP contribution in [0.25, 0.3) is 11.3 Å². The maximum absolute atomic E-state index is 10.6. The Morgan fingerprint density at radius 2 is 2.11 bits per heavy atom. The Balaban J connectivity index is 2.50. The quantitative estimate of drug-likeness (QED) is 0.471. The topological polar surface area (TPSA) is 82.6 Å². The Labute approximate surface area is 102 Å². The van der Waals surface area contributed by atoms with Crippen molar-refractivity contribution in [3.8, 4) is 17.1 Å². The Morgan fingerprint density at radius 3 is 2.67 bits per heavy atom. The van der Waals surface area contributed by atoms with E-state index >= 15 is 0 Å². The van der Waals surface area contributed by atoms with Crippen molar-refractivity contribution < 1.29 is 18.9 Å². The third-order valence-electron chi connectivity index (χ3n) is 2.40. The first-order valence-corrected chi connectivity index (χ1v) is 5.03. The monoisotopic (exact) mass is 247 g/mol. The number of carbonyl (C=O) groups is 1. The molecule has 0 spiro atoms. The molecule has 2 rings (SSSR count). The van der Waals surface area contributed by atoms with Crippen LogP contribution in [0.1, 0.15) is 10.6 Å². The molecule has 2 aromatic rings. The van der Waals surface area contributed by atoms with Gasteiger partial charge in [0.1, 0.15) is 11.5 Å². The van der Waals surface area contributed by atoms with Gasteiger partial charge in [-0.3, -0.25) is 14.9 Å². The third-order valence-corrected chi connectivity index (χ3v) is 2.40. The number of benzene rings is 1. The van der Waals surface area contributed by atoms with Crippen LogP contribution in [0.4, 0.5) is 5.69 Å². The predicted octanol–water partition coefficient (Wildman–Crippen LogP) is 2.68. The molecule has 0 N–H and O–H groups in total. The molecule has 6 nitrogen and oxygen atoms in total. The van der Waals surface area contributed by atoms with Crippen molar-refractivity contribution >= 4 is 12.0 Å². The molecule has 0 unspecified atom stereocenters. The van der Waals surface area contributed by atoms with Gasteiger partial charge < -0.3 is 9.15 Å². The van der Waals surface area contributed by atoms with Crippen LogP contribution in [0.5, 0.6) is 5.75 Å². The van der Waals surface area contributed by atoms with Gasteiger partial charge in [0.25, 0.3) is 5.69 Å². The van der Waals surface area contributed by atoms with Gasteiger partial charge in [0.15, 0.2) is 12.0 Å². The molecule has 18 heavy (non-hydrogen) atoms. The van der Waals surface area contributed by atoms with E-state index in [2.05, 4.69) is 0 Å². The maximum Gasteiger partial charge on any atom is 0.273 e. The number of nitrogens with zero attached hydrogens (tertiary/aromatic N) is 1. The van der Waals surface area contributed by atoms with E-state index in [4.69, 9.17) is 9.15 Å². The molecule has 0 bridgehead atoms. The summed E-state index contributed by atoms with van der Waals surface area (Å²) in [4.78, 5) is 20.7. The fourth-order valence-electron chi connectivity index (χ4n) is 1.56. The van der Waals surface area contributed by atoms with E-state index in [0.29, 0.717) is 23.4 Å². The molecule has 1 heterocycles. The molecule has 1 aromatic carbocycles. The second-order valence-corrected chi connectivity index (χ2v) is 3.46. The standard InChI is InChI=1S/C12H9NO5/c1-17-12-6-8(13(15)16)2-4-10(12)11-5-3-9(7-14)18-11/h2-7H,1H3. The average molecular weight is 247 g/mol. The van der Waals surface area contributed by atoms with Crippen LogP contribution in [-0.2, 0) is 0 Å². The molecular weight excluding hydrogens is 238 g/mol. The van der Waals surface area contributed by atoms with Gasteiger partial charge >= 0.3 is 0 Å². The van der Waals surface area contributed by atoms with E-state index < -0.39 is 4.92 Å². The van der Waals surface area contributed by atoms with Crippen LogP contribution in [-0.4, -0.2) is 18.3 Å². The number of rotatable bonds is 4. The van der Waals surface area contributed by atoms with Gasteiger partial charge in [0, 0.05) is 6.07 Å². The van der Waals surface area contributed by atoms with E-state index in [9.17, 15) is 14.9 Å². The fraction of sp³-hybridized carbons (Fsp3) is 0.0833. The molecule has 0 atom stereocenters. The number of hydrogen-bond acceptors (Lipinski definition) is 5. The Bertz CT molecular complexity index is 602. The van der Waals surface area contributed by atoms with Gasteiger partial charge in [0.2, 0.25) is 0 Å². The van der Waals surface area contributed by atoms with Gasteiger partial charge in [-0.25, -0.2) is 0 Å². The molecule has 0 fully saturated rings. The zero-order chi connectivity index (χ0) is 13.1. The largest absolute Gasteiger partial charge is 0.496 e. The average Bonchev–Trinajstić information content (AvgIpc) is 2.86. The van der Waals surface area contributed by atoms with Gasteiger partial charge in [0.05, 0.1) is 23.7 Å². The molecular formula is C12H9NO5. The van der Waals surface area contributed by atoms with Crippen LogP contribution >= 0.6 is 0 Å². The van der Waals surface area contributed by atoms with E-state index in [1.165, 1.54) is 31.4 Å². The number of nitro benzene ring substituents is 1. The van der Waals surface area contributed by atoms with Crippen molar-refractivity contribution in [1.82, 2.24) is 0 Å². The summed E-state index contributed by atoms with van der Waals surface area (Å²) in [5, 5.41) is 10.6. The first-order chi connectivity index (χ1) is 8.65. The van der Waals surface area contributed by atoms with Gasteiger partial charge in [-0.15, -0.1) is 0 Å². The highest BCUT2D eigenvalue weighted by Gasteiger charge is 2.15. The molecule has 0 radical (unpaired) electrons. The van der Waals surface area contributed by atoms with E-state index in [1.54, 1.807) is 6.07 Å². The van der Waals surface area contributed by atoms with Crippen LogP contribution < -0.4 is 4.74 Å². The number of non-ortho nitro benzene ring substituents is 1. The highest BCUT2D eigenvalue weighted by Crippen LogP contribution is 2.33. The molecule has 0 aliphatic heterocycles. The minimum atomic E-state index is -0.509. The molecule has 0 saturated heterocycles. The predicted molar refractivity (Wildman–Crippen MR) is 62.7 cm³/mol. The van der Waals surface area contributed by atoms with Crippen molar-refractivity contribution in [2.45, 2.75) is 0 Å². The third kappa shape index (κ3) is 2.08. The molecule has 0 amide bonds. The molecule has 1 aromatic heterocycles. The Kier molecular flexibility index (Phi) is 3.09. The molecule has 0 aliphatic carbocycles. The zero-order valence-electron chi connectivity index (χ0n) is 9.45. The summed E-state index contributed by atoms with van der Waals surface area (Å²) in [7, 11) is 1.41. The van der Waals surface area contributed by atoms with Gasteiger partial charge in [-0.1, -0.05) is 0 Å². The lowest BCUT2D eigenvalue weighted by molar-refractivity contribution is -0.384. The second kappa shape index (κ2) is 4.70. The van der Waals surface area contributed by atoms with Crippen molar-refractivity contribution in [3.63, 3.8) is 0 Å². The number of ether oxygens (including phenoxy) is 1. The molecule has 92 valence electrons. The van der Waals surface area contributed by atoms with E-state index in [1.807, 2.05) is 0 Å². The van der Waals surface area contributed by atoms with Crippen LogP contribution in [0, 0.1) is 10.1 Å². The number of nitro groups is 1. The first-order valence-electron chi connectivity index (χ1n) is 5.03. The van der Waals surface area contributed by atoms with Crippen molar-refractivity contribution in [2.24, 2.45) is 0 Å². The van der Waals surface area contributed by atoms with Gasteiger partial charge in [-0.2, -0.15) is 0 Å². The van der Waals surface area contributed by atoms with Crippen molar-refractivity contribution in [3.05, 3.63) is 46.2 Å². The lowest BCUT2D eigenvalue weighted by Crippen LogP contribution is -1.92. The summed E-state index contributed by atoms with van der Waals surface area (Å²) in [5.41, 5.74) is 0.481. The summed E-state index contributed by atoms with van der Waals surface area (Å²) >= 11 is 0. The molecule has 6 heteroatoms. The summed E-state index contributed by atoms with van der Waals surface area (Å²) in [6, 6.07) is 7.29. The summed E-state index contributed by atoms with van der Waals surface area (Å²) in [5.74, 6) is 0.922. The van der Waals surface area contributed by atoms with E-state index in [0.717, 1.165) is 0 Å². The lowest BCUT2D eigenvalue weighted by atomic mass is 10.1. The fourth-order valence-corrected chi connectivity index (χ4v) is 1.56. The highest BCUT2D eigenvalue weighted by molar-refractivity contribution is 5.74. The first kappa shape index (κ1) is 11.8. The summed E-state index contributed by atoms with van der Waals surface area (Å²) in [6.45, 7) is 0. The normalized spacial score (nSPS) is 10.1.